The van der Waals surface area contributed by atoms with E-state index < -0.39 is 47.1 Å². The number of hydrogen-bond donors (Lipinski definition) is 2. The van der Waals surface area contributed by atoms with Gasteiger partial charge < -0.3 is 25.0 Å². The van der Waals surface area contributed by atoms with E-state index in [9.17, 15) is 19.2 Å². The number of amides is 3. The molecule has 3 amide bonds. The number of nitrogens with zero attached hydrogens (tertiary/aromatic N) is 1. The number of ether oxygens (including phenoxy) is 2. The van der Waals surface area contributed by atoms with Gasteiger partial charge >= 0.3 is 12.1 Å². The normalized spacial score (nSPS) is 13.2. The first-order chi connectivity index (χ1) is 18.6. The Balaban J connectivity index is 3.61. The SMILES string of the molecule is C=Cc1cccc(C(C(=O)NCCC(=O)OCC)N(C(=O)C(CC(C)C)NC(=O)OC(C)(C)C)C(C)(C)CC)c1. The highest BCUT2D eigenvalue weighted by molar-refractivity contribution is 5.93. The monoisotopic (exact) mass is 559 g/mol. The van der Waals surface area contributed by atoms with E-state index in [0.29, 0.717) is 18.4 Å². The Labute approximate surface area is 240 Å². The van der Waals surface area contributed by atoms with Crippen LogP contribution >= 0.6 is 0 Å². The number of carbonyl (C=O) groups excluding carboxylic acids is 4. The molecule has 0 aliphatic carbocycles. The van der Waals surface area contributed by atoms with Crippen molar-refractivity contribution in [3.05, 3.63) is 42.0 Å². The first-order valence-corrected chi connectivity index (χ1v) is 14.0. The number of esters is 1. The van der Waals surface area contributed by atoms with Crippen LogP contribution in [0.4, 0.5) is 4.79 Å². The Morgan fingerprint density at radius 3 is 2.25 bits per heavy atom. The van der Waals surface area contributed by atoms with Crippen LogP contribution in [-0.2, 0) is 23.9 Å². The van der Waals surface area contributed by atoms with Gasteiger partial charge in [-0.2, -0.15) is 0 Å². The lowest BCUT2D eigenvalue weighted by atomic mass is 9.90. The molecule has 2 N–H and O–H groups in total. The van der Waals surface area contributed by atoms with E-state index in [1.807, 2.05) is 46.8 Å². The van der Waals surface area contributed by atoms with Gasteiger partial charge in [0.25, 0.3) is 0 Å². The highest BCUT2D eigenvalue weighted by Gasteiger charge is 2.43. The van der Waals surface area contributed by atoms with Gasteiger partial charge in [-0.05, 0) is 77.5 Å². The molecule has 1 rings (SSSR count). The van der Waals surface area contributed by atoms with E-state index in [-0.39, 0.29) is 25.5 Å². The maximum absolute atomic E-state index is 14.4. The molecule has 2 atom stereocenters. The summed E-state index contributed by atoms with van der Waals surface area (Å²) in [4.78, 5) is 54.5. The third-order valence-electron chi connectivity index (χ3n) is 6.35. The molecule has 0 saturated carbocycles. The number of rotatable bonds is 14. The highest BCUT2D eigenvalue weighted by Crippen LogP contribution is 2.33. The fourth-order valence-corrected chi connectivity index (χ4v) is 4.15. The molecule has 9 nitrogen and oxygen atoms in total. The van der Waals surface area contributed by atoms with Gasteiger partial charge in [-0.1, -0.05) is 51.6 Å². The zero-order valence-electron chi connectivity index (χ0n) is 25.8. The van der Waals surface area contributed by atoms with Crippen LogP contribution < -0.4 is 10.6 Å². The molecule has 0 aromatic heterocycles. The van der Waals surface area contributed by atoms with Crippen LogP contribution in [0, 0.1) is 5.92 Å². The Morgan fingerprint density at radius 2 is 1.73 bits per heavy atom. The molecule has 0 fully saturated rings. The van der Waals surface area contributed by atoms with E-state index in [4.69, 9.17) is 9.47 Å². The minimum Gasteiger partial charge on any atom is -0.466 e. The van der Waals surface area contributed by atoms with Crippen molar-refractivity contribution >= 4 is 30.0 Å². The van der Waals surface area contributed by atoms with Gasteiger partial charge in [0, 0.05) is 12.1 Å². The molecular weight excluding hydrogens is 510 g/mol. The summed E-state index contributed by atoms with van der Waals surface area (Å²) in [6.45, 7) is 20.7. The van der Waals surface area contributed by atoms with Gasteiger partial charge in [0.05, 0.1) is 13.0 Å². The molecule has 0 radical (unpaired) electrons. The second-order valence-corrected chi connectivity index (χ2v) is 11.8. The van der Waals surface area contributed by atoms with E-state index in [1.54, 1.807) is 50.8 Å². The van der Waals surface area contributed by atoms with Gasteiger partial charge in [-0.15, -0.1) is 0 Å². The van der Waals surface area contributed by atoms with Crippen molar-refractivity contribution in [1.82, 2.24) is 15.5 Å². The second-order valence-electron chi connectivity index (χ2n) is 11.8. The third-order valence-corrected chi connectivity index (χ3v) is 6.35. The number of carbonyl (C=O) groups is 4. The standard InChI is InChI=1S/C31H49N3O6/c1-11-22-15-14-16-23(20-22)26(27(36)32-18-17-25(35)39-13-3)34(31(9,10)12-2)28(37)24(19-21(4)5)33-29(38)40-30(6,7)8/h11,14-16,20-21,24,26H,1,12-13,17-19H2,2-10H3,(H,32,36)(H,33,38). The van der Waals surface area contributed by atoms with E-state index in [0.717, 1.165) is 5.56 Å². The Kier molecular flexibility index (Phi) is 13.4. The quantitative estimate of drug-likeness (QED) is 0.295. The highest BCUT2D eigenvalue weighted by atomic mass is 16.6. The first-order valence-electron chi connectivity index (χ1n) is 14.0. The van der Waals surface area contributed by atoms with Crippen molar-refractivity contribution in [2.75, 3.05) is 13.2 Å². The topological polar surface area (TPSA) is 114 Å². The summed E-state index contributed by atoms with van der Waals surface area (Å²) in [6.07, 6.45) is 1.85. The van der Waals surface area contributed by atoms with Crippen LogP contribution in [0.1, 0.15) is 98.7 Å². The van der Waals surface area contributed by atoms with E-state index >= 15 is 0 Å². The lowest BCUT2D eigenvalue weighted by Crippen LogP contribution is -2.59. The number of hydrogen-bond acceptors (Lipinski definition) is 6. The van der Waals surface area contributed by atoms with Gasteiger partial charge in [-0.3, -0.25) is 14.4 Å². The largest absolute Gasteiger partial charge is 0.466 e. The third kappa shape index (κ3) is 11.0. The lowest BCUT2D eigenvalue weighted by molar-refractivity contribution is -0.150. The van der Waals surface area contributed by atoms with Gasteiger partial charge in [0.2, 0.25) is 11.8 Å². The van der Waals surface area contributed by atoms with Crippen LogP contribution in [0.2, 0.25) is 0 Å². The van der Waals surface area contributed by atoms with Crippen LogP contribution in [0.5, 0.6) is 0 Å². The van der Waals surface area contributed by atoms with Crippen molar-refractivity contribution in [2.24, 2.45) is 5.92 Å². The van der Waals surface area contributed by atoms with Crippen molar-refractivity contribution < 1.29 is 28.7 Å². The number of benzene rings is 1. The molecule has 2 unspecified atom stereocenters. The molecule has 0 aliphatic heterocycles. The average molecular weight is 560 g/mol. The fraction of sp³-hybridized carbons (Fsp3) is 0.613. The Hall–Kier alpha value is -3.36. The summed E-state index contributed by atoms with van der Waals surface area (Å²) in [5, 5.41) is 5.58. The predicted octanol–water partition coefficient (Wildman–Crippen LogP) is 5.40. The summed E-state index contributed by atoms with van der Waals surface area (Å²) in [7, 11) is 0. The van der Waals surface area contributed by atoms with Gasteiger partial charge in [-0.25, -0.2) is 4.79 Å². The zero-order valence-corrected chi connectivity index (χ0v) is 25.8. The summed E-state index contributed by atoms with van der Waals surface area (Å²) < 4.78 is 10.4. The first kappa shape index (κ1) is 34.7. The van der Waals surface area contributed by atoms with Crippen LogP contribution in [0.15, 0.2) is 30.8 Å². The second kappa shape index (κ2) is 15.4. The summed E-state index contributed by atoms with van der Waals surface area (Å²) in [5.74, 6) is -1.20. The number of nitrogens with one attached hydrogen (secondary N) is 2. The molecule has 0 heterocycles. The maximum Gasteiger partial charge on any atom is 0.408 e. The van der Waals surface area contributed by atoms with Crippen molar-refractivity contribution in [2.45, 2.75) is 105 Å². The van der Waals surface area contributed by atoms with E-state index in [2.05, 4.69) is 17.2 Å². The van der Waals surface area contributed by atoms with E-state index in [1.165, 1.54) is 0 Å². The minimum absolute atomic E-state index is 0.000286. The van der Waals surface area contributed by atoms with Gasteiger partial charge in [0.1, 0.15) is 17.7 Å². The zero-order chi connectivity index (χ0) is 30.7. The molecular formula is C31H49N3O6. The molecule has 40 heavy (non-hydrogen) atoms. The summed E-state index contributed by atoms with van der Waals surface area (Å²) in [5.41, 5.74) is -0.157. The molecule has 0 saturated heterocycles. The smallest absolute Gasteiger partial charge is 0.408 e. The Morgan fingerprint density at radius 1 is 1.07 bits per heavy atom. The van der Waals surface area contributed by atoms with Crippen molar-refractivity contribution in [3.8, 4) is 0 Å². The number of alkyl carbamates (subject to hydrolysis) is 1. The lowest BCUT2D eigenvalue weighted by Gasteiger charge is -2.45. The molecule has 224 valence electrons. The minimum atomic E-state index is -1.04. The molecule has 0 aliphatic rings. The van der Waals surface area contributed by atoms with Gasteiger partial charge in [0.15, 0.2) is 0 Å². The van der Waals surface area contributed by atoms with Crippen molar-refractivity contribution in [1.29, 1.82) is 0 Å². The summed E-state index contributed by atoms with van der Waals surface area (Å²) >= 11 is 0. The van der Waals surface area contributed by atoms with Crippen LogP contribution in [-0.4, -0.2) is 59.1 Å². The molecule has 1 aromatic carbocycles. The van der Waals surface area contributed by atoms with Crippen LogP contribution in [0.3, 0.4) is 0 Å². The molecule has 0 bridgehead atoms. The molecule has 0 spiro atoms. The maximum atomic E-state index is 14.4. The Bertz CT molecular complexity index is 1030. The van der Waals surface area contributed by atoms with Crippen LogP contribution in [0.25, 0.3) is 6.08 Å². The molecule has 1 aromatic rings. The molecule has 9 heteroatoms. The van der Waals surface area contributed by atoms with Crippen molar-refractivity contribution in [3.63, 3.8) is 0 Å². The fourth-order valence-electron chi connectivity index (χ4n) is 4.15. The predicted molar refractivity (Wildman–Crippen MR) is 157 cm³/mol. The average Bonchev–Trinajstić information content (AvgIpc) is 2.84. The summed E-state index contributed by atoms with van der Waals surface area (Å²) in [6, 6.07) is 5.28.